The van der Waals surface area contributed by atoms with Gasteiger partial charge in [-0.25, -0.2) is 4.79 Å². The predicted octanol–water partition coefficient (Wildman–Crippen LogP) is 3.93. The smallest absolute Gasteiger partial charge is 0.345 e. The van der Waals surface area contributed by atoms with Crippen LogP contribution in [-0.4, -0.2) is 31.4 Å². The molecule has 1 N–H and O–H groups in total. The summed E-state index contributed by atoms with van der Waals surface area (Å²) >= 11 is 0. The summed E-state index contributed by atoms with van der Waals surface area (Å²) in [6.45, 7) is 0. The Bertz CT molecular complexity index is 914. The number of methoxy groups -OCH3 is 2. The SMILES string of the molecule is COc1ccc(C[C@H](Oc2cccc3ccccc23)C(=O)O)c(OC)c1. The van der Waals surface area contributed by atoms with Gasteiger partial charge >= 0.3 is 5.97 Å². The standard InChI is InChI=1S/C21H20O5/c1-24-16-11-10-15(19(13-16)25-2)12-20(21(22)23)26-18-9-5-7-14-6-3-4-8-17(14)18/h3-11,13,20H,12H2,1-2H3,(H,22,23)/t20-/m0/s1. The molecule has 0 unspecified atom stereocenters. The minimum Gasteiger partial charge on any atom is -0.497 e. The lowest BCUT2D eigenvalue weighted by Gasteiger charge is -2.18. The topological polar surface area (TPSA) is 65.0 Å². The van der Waals surface area contributed by atoms with Crippen LogP contribution in [0.25, 0.3) is 10.8 Å². The number of fused-ring (bicyclic) bond motifs is 1. The second-order valence-electron chi connectivity index (χ2n) is 5.80. The first-order valence-corrected chi connectivity index (χ1v) is 8.20. The van der Waals surface area contributed by atoms with Crippen molar-refractivity contribution in [2.45, 2.75) is 12.5 Å². The molecule has 3 aromatic carbocycles. The number of carboxylic acids is 1. The van der Waals surface area contributed by atoms with Crippen molar-refractivity contribution in [1.29, 1.82) is 0 Å². The lowest BCUT2D eigenvalue weighted by molar-refractivity contribution is -0.144. The number of ether oxygens (including phenoxy) is 3. The van der Waals surface area contributed by atoms with E-state index in [4.69, 9.17) is 14.2 Å². The van der Waals surface area contributed by atoms with Crippen LogP contribution in [0, 0.1) is 0 Å². The molecule has 0 spiro atoms. The molecule has 0 aliphatic heterocycles. The van der Waals surface area contributed by atoms with Crippen molar-refractivity contribution in [2.75, 3.05) is 14.2 Å². The normalized spacial score (nSPS) is 11.8. The van der Waals surface area contributed by atoms with Crippen LogP contribution in [-0.2, 0) is 11.2 Å². The number of carboxylic acid groups (broad SMARTS) is 1. The second-order valence-corrected chi connectivity index (χ2v) is 5.80. The van der Waals surface area contributed by atoms with Crippen molar-refractivity contribution in [3.8, 4) is 17.2 Å². The fraction of sp³-hybridized carbons (Fsp3) is 0.190. The highest BCUT2D eigenvalue weighted by atomic mass is 16.5. The molecular formula is C21H20O5. The van der Waals surface area contributed by atoms with Crippen molar-refractivity contribution in [2.24, 2.45) is 0 Å². The van der Waals surface area contributed by atoms with E-state index in [-0.39, 0.29) is 6.42 Å². The first kappa shape index (κ1) is 17.6. The van der Waals surface area contributed by atoms with E-state index in [2.05, 4.69) is 0 Å². The van der Waals surface area contributed by atoms with Crippen LogP contribution >= 0.6 is 0 Å². The Morgan fingerprint density at radius 3 is 2.46 bits per heavy atom. The largest absolute Gasteiger partial charge is 0.497 e. The molecule has 0 aromatic heterocycles. The molecule has 134 valence electrons. The minimum atomic E-state index is -1.04. The summed E-state index contributed by atoms with van der Waals surface area (Å²) in [7, 11) is 3.11. The zero-order valence-electron chi connectivity index (χ0n) is 14.6. The summed E-state index contributed by atoms with van der Waals surface area (Å²) in [6.07, 6.45) is -0.866. The van der Waals surface area contributed by atoms with E-state index in [1.54, 1.807) is 38.5 Å². The number of hydrogen-bond donors (Lipinski definition) is 1. The average molecular weight is 352 g/mol. The molecule has 0 aliphatic carbocycles. The lowest BCUT2D eigenvalue weighted by Crippen LogP contribution is -2.29. The Hall–Kier alpha value is -3.21. The van der Waals surface area contributed by atoms with Gasteiger partial charge in [0.2, 0.25) is 0 Å². The van der Waals surface area contributed by atoms with Gasteiger partial charge in [0.05, 0.1) is 14.2 Å². The highest BCUT2D eigenvalue weighted by Crippen LogP contribution is 2.29. The van der Waals surface area contributed by atoms with Crippen LogP contribution in [0.2, 0.25) is 0 Å². The van der Waals surface area contributed by atoms with Gasteiger partial charge in [-0.1, -0.05) is 42.5 Å². The monoisotopic (exact) mass is 352 g/mol. The fourth-order valence-corrected chi connectivity index (χ4v) is 2.85. The molecule has 5 heteroatoms. The first-order valence-electron chi connectivity index (χ1n) is 8.20. The number of hydrogen-bond acceptors (Lipinski definition) is 4. The molecule has 0 fully saturated rings. The van der Waals surface area contributed by atoms with E-state index in [1.807, 2.05) is 36.4 Å². The molecule has 0 aliphatic rings. The Balaban J connectivity index is 1.90. The van der Waals surface area contributed by atoms with Crippen molar-refractivity contribution >= 4 is 16.7 Å². The number of carbonyl (C=O) groups is 1. The van der Waals surface area contributed by atoms with Crippen LogP contribution in [0.5, 0.6) is 17.2 Å². The van der Waals surface area contributed by atoms with Crippen LogP contribution < -0.4 is 14.2 Å². The number of benzene rings is 3. The second kappa shape index (κ2) is 7.78. The Morgan fingerprint density at radius 1 is 0.962 bits per heavy atom. The fourth-order valence-electron chi connectivity index (χ4n) is 2.85. The van der Waals surface area contributed by atoms with E-state index in [0.717, 1.165) is 16.3 Å². The van der Waals surface area contributed by atoms with Gasteiger partial charge in [0.25, 0.3) is 0 Å². The summed E-state index contributed by atoms with van der Waals surface area (Å²) in [6, 6.07) is 18.6. The van der Waals surface area contributed by atoms with Crippen LogP contribution in [0.3, 0.4) is 0 Å². The zero-order valence-corrected chi connectivity index (χ0v) is 14.6. The Kier molecular flexibility index (Phi) is 5.27. The quantitative estimate of drug-likeness (QED) is 0.698. The molecular weight excluding hydrogens is 332 g/mol. The molecule has 3 rings (SSSR count). The molecule has 0 bridgehead atoms. The van der Waals surface area contributed by atoms with Gasteiger partial charge < -0.3 is 19.3 Å². The Morgan fingerprint density at radius 2 is 1.73 bits per heavy atom. The number of rotatable bonds is 7. The van der Waals surface area contributed by atoms with Crippen LogP contribution in [0.1, 0.15) is 5.56 Å². The van der Waals surface area contributed by atoms with Crippen LogP contribution in [0.4, 0.5) is 0 Å². The first-order chi connectivity index (χ1) is 12.6. The molecule has 0 heterocycles. The van der Waals surface area contributed by atoms with Gasteiger partial charge in [0.1, 0.15) is 17.2 Å². The van der Waals surface area contributed by atoms with Crippen molar-refractivity contribution in [3.05, 3.63) is 66.2 Å². The maximum atomic E-state index is 11.8. The molecule has 0 saturated heterocycles. The molecule has 0 radical (unpaired) electrons. The minimum absolute atomic E-state index is 0.172. The molecule has 5 nitrogen and oxygen atoms in total. The van der Waals surface area contributed by atoms with E-state index in [0.29, 0.717) is 17.2 Å². The molecule has 0 amide bonds. The van der Waals surface area contributed by atoms with E-state index in [9.17, 15) is 9.90 Å². The highest BCUT2D eigenvalue weighted by molar-refractivity contribution is 5.88. The summed E-state index contributed by atoms with van der Waals surface area (Å²) < 4.78 is 16.4. The van der Waals surface area contributed by atoms with E-state index >= 15 is 0 Å². The third kappa shape index (κ3) is 3.72. The number of aliphatic carboxylic acids is 1. The lowest BCUT2D eigenvalue weighted by atomic mass is 10.1. The van der Waals surface area contributed by atoms with Crippen molar-refractivity contribution in [3.63, 3.8) is 0 Å². The molecule has 26 heavy (non-hydrogen) atoms. The maximum Gasteiger partial charge on any atom is 0.345 e. The summed E-state index contributed by atoms with van der Waals surface area (Å²) in [5.74, 6) is 0.725. The summed E-state index contributed by atoms with van der Waals surface area (Å²) in [5, 5.41) is 11.5. The summed E-state index contributed by atoms with van der Waals surface area (Å²) in [5.41, 5.74) is 0.737. The van der Waals surface area contributed by atoms with E-state index in [1.165, 1.54) is 0 Å². The third-order valence-corrected chi connectivity index (χ3v) is 4.19. The van der Waals surface area contributed by atoms with Gasteiger partial charge in [-0.2, -0.15) is 0 Å². The van der Waals surface area contributed by atoms with Crippen LogP contribution in [0.15, 0.2) is 60.7 Å². The molecule has 3 aromatic rings. The van der Waals surface area contributed by atoms with Gasteiger partial charge in [0.15, 0.2) is 6.10 Å². The average Bonchev–Trinajstić information content (AvgIpc) is 2.67. The van der Waals surface area contributed by atoms with Gasteiger partial charge in [0, 0.05) is 17.9 Å². The highest BCUT2D eigenvalue weighted by Gasteiger charge is 2.23. The predicted molar refractivity (Wildman–Crippen MR) is 99.2 cm³/mol. The maximum absolute atomic E-state index is 11.8. The van der Waals surface area contributed by atoms with Gasteiger partial charge in [-0.3, -0.25) is 0 Å². The molecule has 1 atom stereocenters. The molecule has 0 saturated carbocycles. The van der Waals surface area contributed by atoms with E-state index < -0.39 is 12.1 Å². The Labute approximate surface area is 151 Å². The van der Waals surface area contributed by atoms with Crippen molar-refractivity contribution < 1.29 is 24.1 Å². The van der Waals surface area contributed by atoms with Crippen molar-refractivity contribution in [1.82, 2.24) is 0 Å². The van der Waals surface area contributed by atoms with Gasteiger partial charge in [-0.05, 0) is 23.1 Å². The zero-order chi connectivity index (χ0) is 18.5. The van der Waals surface area contributed by atoms with Gasteiger partial charge in [-0.15, -0.1) is 0 Å². The third-order valence-electron chi connectivity index (χ3n) is 4.19. The summed E-state index contributed by atoms with van der Waals surface area (Å²) in [4.78, 5) is 11.8.